The third-order valence-corrected chi connectivity index (χ3v) is 11.2. The van der Waals surface area contributed by atoms with Crippen molar-refractivity contribution in [3.05, 3.63) is 40.5 Å². The van der Waals surface area contributed by atoms with Crippen molar-refractivity contribution in [1.82, 2.24) is 20.5 Å². The Balaban J connectivity index is 1.33. The van der Waals surface area contributed by atoms with Crippen LogP contribution in [0.4, 0.5) is 4.79 Å². The minimum atomic E-state index is -1.25. The number of halogens is 1. The molecule has 4 aliphatic rings. The van der Waals surface area contributed by atoms with E-state index in [9.17, 15) is 24.0 Å². The van der Waals surface area contributed by atoms with Gasteiger partial charge in [-0.2, -0.15) is 0 Å². The van der Waals surface area contributed by atoms with Crippen LogP contribution in [0.1, 0.15) is 81.1 Å². The maximum Gasteiger partial charge on any atom is 0.408 e. The van der Waals surface area contributed by atoms with Gasteiger partial charge in [0.05, 0.1) is 37.9 Å². The zero-order valence-electron chi connectivity index (χ0n) is 29.6. The summed E-state index contributed by atoms with van der Waals surface area (Å²) in [5.41, 5.74) is -0.878. The number of nitrogens with one attached hydrogen (secondary N) is 2. The molecule has 2 aromatic rings. The maximum atomic E-state index is 14.5. The lowest BCUT2D eigenvalue weighted by Gasteiger charge is -2.29. The first-order chi connectivity index (χ1) is 25.1. The van der Waals surface area contributed by atoms with Gasteiger partial charge in [-0.05, 0) is 79.4 Å². The van der Waals surface area contributed by atoms with Gasteiger partial charge in [0.1, 0.15) is 41.3 Å². The molecule has 2 N–H and O–H groups in total. The number of pyridine rings is 1. The van der Waals surface area contributed by atoms with Crippen molar-refractivity contribution in [3.63, 3.8) is 0 Å². The zero-order valence-corrected chi connectivity index (χ0v) is 31.2. The van der Waals surface area contributed by atoms with E-state index in [4.69, 9.17) is 23.7 Å². The number of hydrogen-bond acceptors (Lipinski definition) is 11. The first kappa shape index (κ1) is 37.4. The van der Waals surface area contributed by atoms with Crippen LogP contribution in [0.25, 0.3) is 10.9 Å². The van der Waals surface area contributed by atoms with E-state index in [0.29, 0.717) is 40.4 Å². The Hall–Kier alpha value is -4.40. The van der Waals surface area contributed by atoms with Crippen molar-refractivity contribution in [3.8, 4) is 11.5 Å². The molecule has 14 nitrogen and oxygen atoms in total. The number of ether oxygens (including phenoxy) is 5. The summed E-state index contributed by atoms with van der Waals surface area (Å²) in [4.78, 5) is 73.4. The maximum absolute atomic E-state index is 14.5. The molecule has 1 saturated heterocycles. The molecule has 5 atom stereocenters. The highest BCUT2D eigenvalue weighted by atomic mass is 79.9. The fraction of sp³-hybridized carbons (Fsp3) is 0.568. The summed E-state index contributed by atoms with van der Waals surface area (Å²) in [6.45, 7) is -0.0178. The van der Waals surface area contributed by atoms with Crippen LogP contribution < -0.4 is 20.1 Å². The van der Waals surface area contributed by atoms with Crippen LogP contribution in [0.5, 0.6) is 11.5 Å². The molecular formula is C37H45BrN4O10. The number of methoxy groups -OCH3 is 3. The van der Waals surface area contributed by atoms with Crippen molar-refractivity contribution in [1.29, 1.82) is 0 Å². The van der Waals surface area contributed by atoms with Gasteiger partial charge in [0, 0.05) is 23.8 Å². The Kier molecular flexibility index (Phi) is 11.6. The molecule has 3 amide bonds. The van der Waals surface area contributed by atoms with Crippen LogP contribution in [0.15, 0.2) is 34.8 Å². The fourth-order valence-electron chi connectivity index (χ4n) is 7.50. The van der Waals surface area contributed by atoms with Gasteiger partial charge in [-0.25, -0.2) is 19.4 Å². The first-order valence-electron chi connectivity index (χ1n) is 17.9. The largest absolute Gasteiger partial charge is 0.495 e. The van der Waals surface area contributed by atoms with E-state index in [2.05, 4.69) is 31.5 Å². The molecule has 0 radical (unpaired) electrons. The molecule has 0 bridgehead atoms. The average molecular weight is 786 g/mol. The number of amides is 3. The minimum absolute atomic E-state index is 0.0153. The predicted molar refractivity (Wildman–Crippen MR) is 191 cm³/mol. The fourth-order valence-corrected chi connectivity index (χ4v) is 8.10. The minimum Gasteiger partial charge on any atom is -0.495 e. The van der Waals surface area contributed by atoms with Gasteiger partial charge in [-0.15, -0.1) is 0 Å². The van der Waals surface area contributed by atoms with E-state index in [-0.39, 0.29) is 36.4 Å². The lowest BCUT2D eigenvalue weighted by Crippen LogP contribution is -2.56. The van der Waals surface area contributed by atoms with E-state index in [1.54, 1.807) is 12.1 Å². The quantitative estimate of drug-likeness (QED) is 0.226. The summed E-state index contributed by atoms with van der Waals surface area (Å²) in [5, 5.41) is 6.29. The number of rotatable bonds is 7. The number of nitrogens with zero attached hydrogens (tertiary/aromatic N) is 2. The molecule has 1 aromatic carbocycles. The Morgan fingerprint density at radius 1 is 0.981 bits per heavy atom. The smallest absolute Gasteiger partial charge is 0.408 e. The van der Waals surface area contributed by atoms with Crippen LogP contribution >= 0.6 is 15.9 Å². The summed E-state index contributed by atoms with van der Waals surface area (Å²) >= 11 is 3.52. The molecule has 3 heterocycles. The number of hydrogen-bond donors (Lipinski definition) is 2. The Labute approximate surface area is 310 Å². The van der Waals surface area contributed by atoms with Crippen LogP contribution in [0.2, 0.25) is 0 Å². The first-order valence-corrected chi connectivity index (χ1v) is 18.6. The van der Waals surface area contributed by atoms with Crippen LogP contribution in [0.3, 0.4) is 0 Å². The molecule has 2 aliphatic carbocycles. The van der Waals surface area contributed by atoms with Crippen molar-refractivity contribution >= 4 is 56.7 Å². The lowest BCUT2D eigenvalue weighted by molar-refractivity contribution is -0.148. The number of alkyl carbamates (subject to hydrolysis) is 1. The van der Waals surface area contributed by atoms with E-state index in [0.717, 1.165) is 44.9 Å². The molecule has 2 saturated carbocycles. The molecular weight excluding hydrogens is 740 g/mol. The van der Waals surface area contributed by atoms with Gasteiger partial charge in [0.2, 0.25) is 11.8 Å². The molecule has 1 aromatic heterocycles. The summed E-state index contributed by atoms with van der Waals surface area (Å²) < 4.78 is 28.2. The normalized spacial score (nSPS) is 27.3. The number of aromatic nitrogens is 1. The third kappa shape index (κ3) is 7.83. The highest BCUT2D eigenvalue weighted by molar-refractivity contribution is 9.10. The summed E-state index contributed by atoms with van der Waals surface area (Å²) in [6, 6.07) is 2.92. The van der Waals surface area contributed by atoms with E-state index in [1.165, 1.54) is 32.3 Å². The molecule has 280 valence electrons. The van der Waals surface area contributed by atoms with Gasteiger partial charge in [0.25, 0.3) is 0 Å². The zero-order chi connectivity index (χ0) is 37.0. The Bertz CT molecular complexity index is 1750. The standard InChI is InChI=1S/C37H45BrN4O10/c1-48-28-16-15-24-29(18-26(34(45)49-2)39-31(24)30(28)38)51-23-17-27-32(43)41-37(35(46)50-3)19-21(37)11-7-5-4-6-8-14-25(33(44)42(27)20-23)40-36(47)52-22-12-9-10-13-22/h7,11,15-16,18,21-23,25,27H,4-6,8-10,12-14,17,19-20H2,1-3H3,(H,40,47)(H,41,43)/b11-7-/t21?,23-,25+,27+,37-/m1/s1. The molecule has 6 rings (SSSR count). The van der Waals surface area contributed by atoms with E-state index < -0.39 is 53.6 Å². The summed E-state index contributed by atoms with van der Waals surface area (Å²) in [7, 11) is 4.04. The second-order valence-corrected chi connectivity index (χ2v) is 14.6. The molecule has 0 spiro atoms. The van der Waals surface area contributed by atoms with Crippen molar-refractivity contribution in [2.24, 2.45) is 5.92 Å². The number of carbonyl (C=O) groups excluding carboxylic acids is 5. The van der Waals surface area contributed by atoms with Crippen LogP contribution in [-0.4, -0.2) is 97.4 Å². The molecule has 2 aliphatic heterocycles. The number of benzene rings is 1. The highest BCUT2D eigenvalue weighted by Crippen LogP contribution is 2.46. The van der Waals surface area contributed by atoms with Gasteiger partial charge < -0.3 is 39.2 Å². The number of allylic oxidation sites excluding steroid dienone is 1. The highest BCUT2D eigenvalue weighted by Gasteiger charge is 2.62. The topological polar surface area (TPSA) is 172 Å². The summed E-state index contributed by atoms with van der Waals surface area (Å²) in [6.07, 6.45) is 9.76. The second kappa shape index (κ2) is 16.1. The van der Waals surface area contributed by atoms with Crippen LogP contribution in [0, 0.1) is 5.92 Å². The van der Waals surface area contributed by atoms with Gasteiger partial charge in [0.15, 0.2) is 5.69 Å². The van der Waals surface area contributed by atoms with E-state index in [1.807, 2.05) is 12.2 Å². The van der Waals surface area contributed by atoms with Crippen molar-refractivity contribution in [2.45, 2.75) is 100 Å². The number of fused-ring (bicyclic) bond motifs is 3. The average Bonchev–Trinajstić information content (AvgIpc) is 3.42. The SMILES string of the molecule is COC(=O)c1cc(O[C@@H]2C[C@H]3C(=O)N[C@]4(C(=O)OC)CC4/C=C\CCCCC[C@H](NC(=O)OC4CCCC4)C(=O)N3C2)c2ccc(OC)c(Br)c2n1. The van der Waals surface area contributed by atoms with E-state index >= 15 is 0 Å². The molecule has 15 heteroatoms. The Morgan fingerprint density at radius 3 is 2.48 bits per heavy atom. The molecule has 3 fully saturated rings. The Morgan fingerprint density at radius 2 is 1.75 bits per heavy atom. The number of esters is 2. The summed E-state index contributed by atoms with van der Waals surface area (Å²) in [5.74, 6) is -1.72. The molecule has 1 unspecified atom stereocenters. The second-order valence-electron chi connectivity index (χ2n) is 13.8. The lowest BCUT2D eigenvalue weighted by atomic mass is 10.0. The van der Waals surface area contributed by atoms with Crippen molar-refractivity contribution < 1.29 is 47.7 Å². The van der Waals surface area contributed by atoms with Gasteiger partial charge in [-0.3, -0.25) is 9.59 Å². The number of carbonyl (C=O) groups is 5. The van der Waals surface area contributed by atoms with Crippen LogP contribution in [-0.2, 0) is 28.6 Å². The van der Waals surface area contributed by atoms with Gasteiger partial charge in [-0.1, -0.05) is 25.0 Å². The monoisotopic (exact) mass is 784 g/mol. The third-order valence-electron chi connectivity index (χ3n) is 10.4. The van der Waals surface area contributed by atoms with Gasteiger partial charge >= 0.3 is 18.0 Å². The molecule has 52 heavy (non-hydrogen) atoms. The van der Waals surface area contributed by atoms with Crippen molar-refractivity contribution in [2.75, 3.05) is 27.9 Å². The predicted octanol–water partition coefficient (Wildman–Crippen LogP) is 4.75.